The third kappa shape index (κ3) is 4.03. The first-order chi connectivity index (χ1) is 15.2. The number of nitrogens with zero attached hydrogens (tertiary/aromatic N) is 6. The van der Waals surface area contributed by atoms with Gasteiger partial charge in [0.05, 0.1) is 11.6 Å². The largest absolute Gasteiger partial charge is 0.371 e. The number of fused-ring (bicyclic) bond motifs is 1. The Hall–Kier alpha value is -3.63. The molecule has 0 amide bonds. The molecule has 0 spiro atoms. The van der Waals surface area contributed by atoms with Gasteiger partial charge in [-0.05, 0) is 54.8 Å². The normalized spacial score (nSPS) is 14.5. The van der Waals surface area contributed by atoms with E-state index in [-0.39, 0.29) is 0 Å². The Kier molecular flexibility index (Phi) is 5.14. The van der Waals surface area contributed by atoms with E-state index in [1.54, 1.807) is 10.7 Å². The van der Waals surface area contributed by atoms with Crippen LogP contribution in [0.2, 0.25) is 5.15 Å². The van der Waals surface area contributed by atoms with Crippen molar-refractivity contribution in [3.8, 4) is 17.2 Å². The van der Waals surface area contributed by atoms with Gasteiger partial charge in [0.25, 0.3) is 0 Å². The van der Waals surface area contributed by atoms with E-state index in [2.05, 4.69) is 26.4 Å². The van der Waals surface area contributed by atoms with Crippen molar-refractivity contribution in [2.45, 2.75) is 18.9 Å². The van der Waals surface area contributed by atoms with Crippen molar-refractivity contribution in [2.75, 3.05) is 23.3 Å². The van der Waals surface area contributed by atoms with E-state index < -0.39 is 0 Å². The van der Waals surface area contributed by atoms with Crippen molar-refractivity contribution in [3.05, 3.63) is 71.6 Å². The van der Waals surface area contributed by atoms with Crippen LogP contribution in [0, 0.1) is 11.3 Å². The summed E-state index contributed by atoms with van der Waals surface area (Å²) in [6, 6.07) is 17.9. The molecule has 1 aliphatic heterocycles. The fourth-order valence-electron chi connectivity index (χ4n) is 3.97. The smallest absolute Gasteiger partial charge is 0.243 e. The molecule has 8 heteroatoms. The second-order valence-electron chi connectivity index (χ2n) is 7.56. The molecule has 154 valence electrons. The number of aromatic nitrogens is 4. The Morgan fingerprint density at radius 1 is 1.10 bits per heavy atom. The minimum Gasteiger partial charge on any atom is -0.371 e. The van der Waals surface area contributed by atoms with E-state index in [9.17, 15) is 0 Å². The SMILES string of the molecule is N#Cc1ccc(-c2cccn3nc(NC4CCN(c5ccnc(Cl)c5)CC4)nc23)cc1. The van der Waals surface area contributed by atoms with Gasteiger partial charge in [0.1, 0.15) is 5.15 Å². The number of piperidine rings is 1. The topological polar surface area (TPSA) is 82.1 Å². The molecule has 4 aromatic rings. The molecule has 0 saturated carbocycles. The predicted octanol–water partition coefficient (Wildman–Crippen LogP) is 4.40. The van der Waals surface area contributed by atoms with Gasteiger partial charge in [-0.25, -0.2) is 9.50 Å². The average Bonchev–Trinajstić information content (AvgIpc) is 3.22. The molecule has 5 rings (SSSR count). The van der Waals surface area contributed by atoms with Gasteiger partial charge < -0.3 is 10.2 Å². The van der Waals surface area contributed by atoms with Crippen LogP contribution in [-0.4, -0.2) is 38.7 Å². The third-order valence-corrected chi connectivity index (χ3v) is 5.80. The number of rotatable bonds is 4. The molecule has 1 aromatic carbocycles. The summed E-state index contributed by atoms with van der Waals surface area (Å²) in [7, 11) is 0. The Morgan fingerprint density at radius 2 is 1.90 bits per heavy atom. The highest BCUT2D eigenvalue weighted by molar-refractivity contribution is 6.29. The zero-order chi connectivity index (χ0) is 21.2. The number of nitriles is 1. The van der Waals surface area contributed by atoms with Crippen molar-refractivity contribution in [3.63, 3.8) is 0 Å². The van der Waals surface area contributed by atoms with Crippen LogP contribution in [0.1, 0.15) is 18.4 Å². The van der Waals surface area contributed by atoms with Gasteiger partial charge in [0.2, 0.25) is 5.95 Å². The summed E-state index contributed by atoms with van der Waals surface area (Å²) in [5.74, 6) is 0.631. The van der Waals surface area contributed by atoms with Crippen LogP contribution in [-0.2, 0) is 0 Å². The molecular weight excluding hydrogens is 410 g/mol. The van der Waals surface area contributed by atoms with Crippen LogP contribution < -0.4 is 10.2 Å². The Bertz CT molecular complexity index is 1250. The second-order valence-corrected chi connectivity index (χ2v) is 7.94. The number of nitrogens with one attached hydrogen (secondary N) is 1. The number of pyridine rings is 2. The summed E-state index contributed by atoms with van der Waals surface area (Å²) < 4.78 is 1.80. The van der Waals surface area contributed by atoms with E-state index >= 15 is 0 Å². The number of hydrogen-bond acceptors (Lipinski definition) is 6. The quantitative estimate of drug-likeness (QED) is 0.484. The highest BCUT2D eigenvalue weighted by Crippen LogP contribution is 2.26. The molecular formula is C23H20ClN7. The van der Waals surface area contributed by atoms with E-state index in [0.717, 1.165) is 48.4 Å². The Balaban J connectivity index is 1.31. The van der Waals surface area contributed by atoms with Gasteiger partial charge in [-0.2, -0.15) is 10.2 Å². The molecule has 1 aliphatic rings. The molecule has 0 radical (unpaired) electrons. The Labute approximate surface area is 184 Å². The fraction of sp³-hybridized carbons (Fsp3) is 0.217. The van der Waals surface area contributed by atoms with E-state index in [4.69, 9.17) is 21.8 Å². The molecule has 7 nitrogen and oxygen atoms in total. The minimum atomic E-state index is 0.310. The van der Waals surface area contributed by atoms with E-state index in [1.165, 1.54) is 0 Å². The number of benzene rings is 1. The van der Waals surface area contributed by atoms with Crippen molar-refractivity contribution < 1.29 is 0 Å². The van der Waals surface area contributed by atoms with E-state index in [1.807, 2.05) is 54.7 Å². The van der Waals surface area contributed by atoms with Crippen molar-refractivity contribution >= 4 is 28.9 Å². The van der Waals surface area contributed by atoms with Crippen LogP contribution >= 0.6 is 11.6 Å². The van der Waals surface area contributed by atoms with Crippen molar-refractivity contribution in [1.29, 1.82) is 5.26 Å². The van der Waals surface area contributed by atoms with Crippen LogP contribution in [0.15, 0.2) is 60.9 Å². The minimum absolute atomic E-state index is 0.310. The third-order valence-electron chi connectivity index (χ3n) is 5.59. The zero-order valence-corrected chi connectivity index (χ0v) is 17.5. The van der Waals surface area contributed by atoms with Gasteiger partial charge in [0.15, 0.2) is 5.65 Å². The lowest BCUT2D eigenvalue weighted by Crippen LogP contribution is -2.39. The van der Waals surface area contributed by atoms with Gasteiger partial charge in [0, 0.05) is 42.8 Å². The summed E-state index contributed by atoms with van der Waals surface area (Å²) in [5, 5.41) is 17.7. The summed E-state index contributed by atoms with van der Waals surface area (Å²) in [6.45, 7) is 1.86. The summed E-state index contributed by atoms with van der Waals surface area (Å²) in [5.41, 5.74) is 4.53. The highest BCUT2D eigenvalue weighted by atomic mass is 35.5. The van der Waals surface area contributed by atoms with Gasteiger partial charge in [-0.3, -0.25) is 0 Å². The summed E-state index contributed by atoms with van der Waals surface area (Å²) >= 11 is 6.03. The average molecular weight is 430 g/mol. The van der Waals surface area contributed by atoms with Crippen LogP contribution in [0.3, 0.4) is 0 Å². The monoisotopic (exact) mass is 429 g/mol. The maximum absolute atomic E-state index is 9.03. The second kappa shape index (κ2) is 8.25. The van der Waals surface area contributed by atoms with E-state index in [0.29, 0.717) is 22.7 Å². The Morgan fingerprint density at radius 3 is 2.65 bits per heavy atom. The van der Waals surface area contributed by atoms with Crippen LogP contribution in [0.25, 0.3) is 16.8 Å². The van der Waals surface area contributed by atoms with Crippen LogP contribution in [0.5, 0.6) is 0 Å². The highest BCUT2D eigenvalue weighted by Gasteiger charge is 2.21. The molecule has 31 heavy (non-hydrogen) atoms. The lowest BCUT2D eigenvalue weighted by Gasteiger charge is -2.33. The summed E-state index contributed by atoms with van der Waals surface area (Å²) in [6.07, 6.45) is 5.61. The molecule has 0 aliphatic carbocycles. The van der Waals surface area contributed by atoms with Gasteiger partial charge in [-0.1, -0.05) is 23.7 Å². The molecule has 1 N–H and O–H groups in total. The molecule has 1 fully saturated rings. The molecule has 0 atom stereocenters. The number of anilines is 2. The zero-order valence-electron chi connectivity index (χ0n) is 16.7. The number of hydrogen-bond donors (Lipinski definition) is 1. The maximum atomic E-state index is 9.03. The molecule has 0 bridgehead atoms. The number of halogens is 1. The van der Waals surface area contributed by atoms with Crippen molar-refractivity contribution in [2.24, 2.45) is 0 Å². The summed E-state index contributed by atoms with van der Waals surface area (Å²) in [4.78, 5) is 11.1. The molecule has 0 unspecified atom stereocenters. The first-order valence-corrected chi connectivity index (χ1v) is 10.6. The molecule has 3 aromatic heterocycles. The first-order valence-electron chi connectivity index (χ1n) is 10.2. The molecule has 4 heterocycles. The van der Waals surface area contributed by atoms with Crippen molar-refractivity contribution in [1.82, 2.24) is 19.6 Å². The lowest BCUT2D eigenvalue weighted by atomic mass is 10.0. The standard InChI is InChI=1S/C23H20ClN7/c24-21-14-19(7-10-26-21)30-12-8-18(9-13-30)27-23-28-22-20(2-1-11-31(22)29-23)17-5-3-16(15-25)4-6-17/h1-7,10-11,14,18H,8-9,12-13H2,(H,27,29). The van der Waals surface area contributed by atoms with Gasteiger partial charge in [-0.15, -0.1) is 5.10 Å². The lowest BCUT2D eigenvalue weighted by molar-refractivity contribution is 0.524. The molecule has 1 saturated heterocycles. The fourth-order valence-corrected chi connectivity index (χ4v) is 4.14. The van der Waals surface area contributed by atoms with Crippen LogP contribution in [0.4, 0.5) is 11.6 Å². The predicted molar refractivity (Wildman–Crippen MR) is 121 cm³/mol. The maximum Gasteiger partial charge on any atom is 0.243 e. The van der Waals surface area contributed by atoms with Gasteiger partial charge >= 0.3 is 0 Å². The first kappa shape index (κ1) is 19.3.